The first kappa shape index (κ1) is 25.3. The van der Waals surface area contributed by atoms with Gasteiger partial charge in [-0.3, -0.25) is 9.59 Å². The molecule has 0 spiro atoms. The van der Waals surface area contributed by atoms with E-state index in [0.717, 1.165) is 0 Å². The van der Waals surface area contributed by atoms with Crippen LogP contribution in [0.1, 0.15) is 69.2 Å². The zero-order valence-electron chi connectivity index (χ0n) is 19.4. The van der Waals surface area contributed by atoms with Crippen molar-refractivity contribution in [2.75, 3.05) is 0 Å². The van der Waals surface area contributed by atoms with Crippen LogP contribution in [0.25, 0.3) is 0 Å². The van der Waals surface area contributed by atoms with Crippen LogP contribution in [0.4, 0.5) is 0 Å². The van der Waals surface area contributed by atoms with Crippen molar-refractivity contribution in [2.45, 2.75) is 69.9 Å². The maximum atomic E-state index is 12.9. The number of ketones is 1. The molecule has 168 valence electrons. The first-order valence-electron chi connectivity index (χ1n) is 10.7. The monoisotopic (exact) mass is 504 g/mol. The molecule has 0 heterocycles. The fraction of sp³-hybridized carbons (Fsp3) is 0.440. The number of halogens is 1. The predicted octanol–water partition coefficient (Wildman–Crippen LogP) is 7.49. The minimum absolute atomic E-state index is 0.0571. The molecule has 1 unspecified atom stereocenters. The normalized spacial score (nSPS) is 12.9. The summed E-state index contributed by atoms with van der Waals surface area (Å²) in [6, 6.07) is 14.5. The number of hydrogen-bond acceptors (Lipinski definition) is 4. The van der Waals surface area contributed by atoms with Crippen molar-refractivity contribution in [3.63, 3.8) is 0 Å². The van der Waals surface area contributed by atoms with Crippen LogP contribution < -0.4 is 9.16 Å². The Balaban J connectivity index is 2.48. The van der Waals surface area contributed by atoms with E-state index < -0.39 is 19.1 Å². The minimum Gasteiger partial charge on any atom is -0.540 e. The number of benzene rings is 2. The van der Waals surface area contributed by atoms with E-state index in [2.05, 4.69) is 57.5 Å². The van der Waals surface area contributed by atoms with Crippen LogP contribution in [0.3, 0.4) is 0 Å². The van der Waals surface area contributed by atoms with E-state index in [1.165, 1.54) is 6.92 Å². The van der Waals surface area contributed by atoms with Gasteiger partial charge < -0.3 is 9.16 Å². The summed E-state index contributed by atoms with van der Waals surface area (Å²) in [6.07, 6.45) is 0. The van der Waals surface area contributed by atoms with Crippen LogP contribution in [-0.2, 0) is 4.79 Å². The van der Waals surface area contributed by atoms with E-state index in [1.54, 1.807) is 18.2 Å². The third-order valence-corrected chi connectivity index (χ3v) is 12.7. The van der Waals surface area contributed by atoms with E-state index in [1.807, 2.05) is 30.3 Å². The van der Waals surface area contributed by atoms with Crippen LogP contribution in [0, 0.1) is 0 Å². The fourth-order valence-corrected chi connectivity index (χ4v) is 10.3. The Morgan fingerprint density at radius 1 is 0.839 bits per heavy atom. The van der Waals surface area contributed by atoms with Crippen molar-refractivity contribution in [3.05, 3.63) is 59.7 Å². The van der Waals surface area contributed by atoms with Gasteiger partial charge in [0.15, 0.2) is 11.5 Å². The molecule has 0 fully saturated rings. The number of esters is 1. The highest BCUT2D eigenvalue weighted by atomic mass is 79.9. The Morgan fingerprint density at radius 2 is 1.39 bits per heavy atom. The molecule has 31 heavy (non-hydrogen) atoms. The van der Waals surface area contributed by atoms with Crippen molar-refractivity contribution >= 4 is 36.0 Å². The molecule has 0 saturated heterocycles. The Hall–Kier alpha value is -1.92. The molecule has 0 bridgehead atoms. The zero-order chi connectivity index (χ0) is 23.3. The third kappa shape index (κ3) is 5.66. The van der Waals surface area contributed by atoms with Crippen molar-refractivity contribution in [3.8, 4) is 11.5 Å². The highest BCUT2D eigenvalue weighted by Gasteiger charge is 2.47. The summed E-state index contributed by atoms with van der Waals surface area (Å²) in [4.78, 5) is 24.2. The minimum atomic E-state index is -2.24. The summed E-state index contributed by atoms with van der Waals surface area (Å²) in [5.41, 5.74) is 2.45. The molecule has 0 aromatic heterocycles. The summed E-state index contributed by atoms with van der Waals surface area (Å²) in [7, 11) is -2.24. The van der Waals surface area contributed by atoms with E-state index in [0.29, 0.717) is 39.2 Å². The molecule has 2 aromatic carbocycles. The van der Waals surface area contributed by atoms with E-state index in [9.17, 15) is 9.59 Å². The highest BCUT2D eigenvalue weighted by molar-refractivity contribution is 9.09. The van der Waals surface area contributed by atoms with Crippen molar-refractivity contribution < 1.29 is 18.8 Å². The first-order valence-corrected chi connectivity index (χ1v) is 13.8. The second kappa shape index (κ2) is 10.6. The van der Waals surface area contributed by atoms with E-state index in [4.69, 9.17) is 9.16 Å². The van der Waals surface area contributed by atoms with Gasteiger partial charge in [-0.1, -0.05) is 93.9 Å². The largest absolute Gasteiger partial charge is 0.540 e. The van der Waals surface area contributed by atoms with Crippen molar-refractivity contribution in [2.24, 2.45) is 0 Å². The number of Topliss-reactive ketones (excluding diaryl/α,β-unsaturated/α-hetero) is 1. The third-order valence-electron chi connectivity index (χ3n) is 5.80. The lowest BCUT2D eigenvalue weighted by Gasteiger charge is -2.42. The predicted molar refractivity (Wildman–Crippen MR) is 132 cm³/mol. The fourth-order valence-electron chi connectivity index (χ4n) is 4.45. The molecule has 0 aliphatic carbocycles. The number of carbonyl (C=O) groups is 2. The molecule has 6 heteroatoms. The number of rotatable bonds is 9. The maximum absolute atomic E-state index is 12.9. The van der Waals surface area contributed by atoms with Gasteiger partial charge in [0.25, 0.3) is 8.32 Å². The molecule has 0 aliphatic heterocycles. The van der Waals surface area contributed by atoms with Crippen molar-refractivity contribution in [1.29, 1.82) is 0 Å². The Kier molecular flexibility index (Phi) is 8.66. The molecule has 0 radical (unpaired) electrons. The van der Waals surface area contributed by atoms with Crippen LogP contribution >= 0.6 is 15.9 Å². The van der Waals surface area contributed by atoms with Crippen LogP contribution in [0.5, 0.6) is 11.5 Å². The second-order valence-electron chi connectivity index (χ2n) is 8.81. The summed E-state index contributed by atoms with van der Waals surface area (Å²) >= 11 is 3.52. The van der Waals surface area contributed by atoms with Crippen LogP contribution in [-0.4, -0.2) is 20.1 Å². The summed E-state index contributed by atoms with van der Waals surface area (Å²) in [6.45, 7) is 14.6. The molecule has 0 saturated carbocycles. The number of hydrogen-bond donors (Lipinski definition) is 0. The molecule has 2 rings (SSSR count). The average molecular weight is 506 g/mol. The van der Waals surface area contributed by atoms with E-state index in [-0.39, 0.29) is 5.78 Å². The first-order chi connectivity index (χ1) is 14.5. The Bertz CT molecular complexity index is 887. The summed E-state index contributed by atoms with van der Waals surface area (Å²) < 4.78 is 12.3. The lowest BCUT2D eigenvalue weighted by atomic mass is 10.0. The van der Waals surface area contributed by atoms with Gasteiger partial charge in [0, 0.05) is 12.5 Å². The number of alkyl halides is 1. The SMILES string of the molecule is CC(=O)Oc1cc(C(Br)C(=O)c2ccccc2)ccc1O[Si](C(C)C)(C(C)C)C(C)C. The van der Waals surface area contributed by atoms with E-state index >= 15 is 0 Å². The Labute approximate surface area is 195 Å². The molecule has 0 aliphatic rings. The van der Waals surface area contributed by atoms with Crippen LogP contribution in [0.15, 0.2) is 48.5 Å². The molecule has 1 atom stereocenters. The topological polar surface area (TPSA) is 52.6 Å². The lowest BCUT2D eigenvalue weighted by Crippen LogP contribution is -2.50. The van der Waals surface area contributed by atoms with Gasteiger partial charge in [-0.05, 0) is 34.3 Å². The standard InChI is InChI=1S/C25H33BrO4Si/c1-16(2)31(17(3)4,18(5)6)30-22-14-13-21(15-23(22)29-19(7)27)24(26)25(28)20-11-9-8-10-12-20/h8-18,24H,1-7H3. The highest BCUT2D eigenvalue weighted by Crippen LogP contribution is 2.45. The molecule has 0 amide bonds. The van der Waals surface area contributed by atoms with Gasteiger partial charge >= 0.3 is 5.97 Å². The summed E-state index contributed by atoms with van der Waals surface area (Å²) in [5.74, 6) is 0.439. The molecular weight excluding hydrogens is 472 g/mol. The van der Waals surface area contributed by atoms with Gasteiger partial charge in [0.05, 0.1) is 0 Å². The quantitative estimate of drug-likeness (QED) is 0.117. The molecular formula is C25H33BrO4Si. The van der Waals surface area contributed by atoms with Gasteiger partial charge in [-0.25, -0.2) is 0 Å². The van der Waals surface area contributed by atoms with Gasteiger partial charge in [0.1, 0.15) is 10.6 Å². The number of ether oxygens (including phenoxy) is 1. The average Bonchev–Trinajstić information content (AvgIpc) is 2.71. The summed E-state index contributed by atoms with van der Waals surface area (Å²) in [5, 5.41) is 0. The lowest BCUT2D eigenvalue weighted by molar-refractivity contribution is -0.131. The van der Waals surface area contributed by atoms with Gasteiger partial charge in [0.2, 0.25) is 0 Å². The molecule has 2 aromatic rings. The smallest absolute Gasteiger partial charge is 0.308 e. The zero-order valence-corrected chi connectivity index (χ0v) is 22.0. The van der Waals surface area contributed by atoms with Crippen molar-refractivity contribution in [1.82, 2.24) is 0 Å². The maximum Gasteiger partial charge on any atom is 0.308 e. The van der Waals surface area contributed by atoms with Gasteiger partial charge in [-0.2, -0.15) is 0 Å². The molecule has 0 N–H and O–H groups in total. The molecule has 4 nitrogen and oxygen atoms in total. The Morgan fingerprint density at radius 3 is 1.87 bits per heavy atom. The van der Waals surface area contributed by atoms with Crippen LogP contribution in [0.2, 0.25) is 16.6 Å². The second-order valence-corrected chi connectivity index (χ2v) is 15.1. The number of carbonyl (C=O) groups excluding carboxylic acids is 2. The van der Waals surface area contributed by atoms with Gasteiger partial charge in [-0.15, -0.1) is 0 Å².